The zero-order chi connectivity index (χ0) is 13.1. The Labute approximate surface area is 119 Å². The summed E-state index contributed by atoms with van der Waals surface area (Å²) in [5.41, 5.74) is 2.55. The van der Waals surface area contributed by atoms with E-state index in [1.165, 1.54) is 0 Å². The molecule has 1 amide bonds. The molecule has 102 valence electrons. The molecule has 1 aromatic carbocycles. The van der Waals surface area contributed by atoms with E-state index in [1.807, 2.05) is 51.4 Å². The van der Waals surface area contributed by atoms with Gasteiger partial charge in [0.15, 0.2) is 0 Å². The first-order valence-electron chi connectivity index (χ1n) is 5.87. The molecule has 5 heteroatoms. The molecule has 0 radical (unpaired) electrons. The number of halogens is 1. The number of aryl methyl sites for hydroxylation is 2. The van der Waals surface area contributed by atoms with Crippen LogP contribution in [0.5, 0.6) is 0 Å². The van der Waals surface area contributed by atoms with E-state index >= 15 is 0 Å². The van der Waals surface area contributed by atoms with Crippen LogP contribution in [0.2, 0.25) is 0 Å². The number of aromatic nitrogens is 2. The fourth-order valence-electron chi connectivity index (χ4n) is 1.94. The fraction of sp³-hybridized carbons (Fsp3) is 0.286. The van der Waals surface area contributed by atoms with Crippen LogP contribution in [-0.2, 0) is 13.6 Å². The fourth-order valence-corrected chi connectivity index (χ4v) is 1.94. The quantitative estimate of drug-likeness (QED) is 0.865. The van der Waals surface area contributed by atoms with Gasteiger partial charge in [-0.3, -0.25) is 9.48 Å². The van der Waals surface area contributed by atoms with E-state index in [2.05, 4.69) is 5.10 Å². The molecule has 0 atom stereocenters. The summed E-state index contributed by atoms with van der Waals surface area (Å²) in [6.07, 6.45) is 1.76. The molecule has 2 rings (SSSR count). The molecule has 0 aliphatic heterocycles. The second-order valence-electron chi connectivity index (χ2n) is 4.45. The first kappa shape index (κ1) is 15.2. The first-order valence-corrected chi connectivity index (χ1v) is 5.87. The molecular formula is C14H18ClN3O. The van der Waals surface area contributed by atoms with E-state index in [9.17, 15) is 4.79 Å². The Morgan fingerprint density at radius 3 is 2.47 bits per heavy atom. The zero-order valence-electron chi connectivity index (χ0n) is 11.3. The maximum absolute atomic E-state index is 12.3. The van der Waals surface area contributed by atoms with Crippen molar-refractivity contribution in [1.82, 2.24) is 14.7 Å². The molecule has 0 unspecified atom stereocenters. The molecular weight excluding hydrogens is 262 g/mol. The average molecular weight is 280 g/mol. The maximum Gasteiger partial charge on any atom is 0.257 e. The number of rotatable bonds is 3. The number of hydrogen-bond acceptors (Lipinski definition) is 2. The molecule has 0 spiro atoms. The molecule has 0 aliphatic carbocycles. The van der Waals surface area contributed by atoms with Crippen molar-refractivity contribution in [2.24, 2.45) is 7.05 Å². The van der Waals surface area contributed by atoms with Gasteiger partial charge in [-0.2, -0.15) is 5.10 Å². The van der Waals surface area contributed by atoms with Crippen LogP contribution in [0.25, 0.3) is 0 Å². The summed E-state index contributed by atoms with van der Waals surface area (Å²) in [5, 5.41) is 4.19. The van der Waals surface area contributed by atoms with E-state index < -0.39 is 0 Å². The van der Waals surface area contributed by atoms with Crippen molar-refractivity contribution in [2.75, 3.05) is 7.05 Å². The molecule has 0 N–H and O–H groups in total. The van der Waals surface area contributed by atoms with Crippen LogP contribution in [0.4, 0.5) is 0 Å². The van der Waals surface area contributed by atoms with Gasteiger partial charge in [0.2, 0.25) is 0 Å². The van der Waals surface area contributed by atoms with Crippen molar-refractivity contribution < 1.29 is 4.79 Å². The Hall–Kier alpha value is -1.81. The van der Waals surface area contributed by atoms with E-state index in [1.54, 1.807) is 15.8 Å². The normalized spacial score (nSPS) is 9.84. The Kier molecular flexibility index (Phi) is 5.12. The van der Waals surface area contributed by atoms with E-state index in [-0.39, 0.29) is 18.3 Å². The predicted molar refractivity (Wildman–Crippen MR) is 77.4 cm³/mol. The van der Waals surface area contributed by atoms with Crippen LogP contribution in [-0.4, -0.2) is 27.6 Å². The minimum absolute atomic E-state index is 0. The molecule has 0 fully saturated rings. The van der Waals surface area contributed by atoms with Gasteiger partial charge in [0, 0.05) is 26.8 Å². The van der Waals surface area contributed by atoms with Crippen LogP contribution in [0.1, 0.15) is 21.6 Å². The Morgan fingerprint density at radius 2 is 1.95 bits per heavy atom. The molecule has 1 heterocycles. The topological polar surface area (TPSA) is 38.1 Å². The minimum atomic E-state index is 0. The van der Waals surface area contributed by atoms with Crippen LogP contribution in [0.15, 0.2) is 36.5 Å². The third-order valence-corrected chi connectivity index (χ3v) is 2.85. The lowest BCUT2D eigenvalue weighted by molar-refractivity contribution is 0.0784. The van der Waals surface area contributed by atoms with Gasteiger partial charge >= 0.3 is 0 Å². The van der Waals surface area contributed by atoms with Gasteiger partial charge in [-0.1, -0.05) is 30.3 Å². The van der Waals surface area contributed by atoms with Crippen molar-refractivity contribution >= 4 is 18.3 Å². The van der Waals surface area contributed by atoms with Gasteiger partial charge in [0.25, 0.3) is 5.91 Å². The van der Waals surface area contributed by atoms with Crippen molar-refractivity contribution in [3.63, 3.8) is 0 Å². The molecule has 0 aliphatic rings. The van der Waals surface area contributed by atoms with Gasteiger partial charge in [-0.05, 0) is 12.5 Å². The molecule has 0 saturated carbocycles. The Balaban J connectivity index is 0.00000180. The third kappa shape index (κ3) is 3.58. The highest BCUT2D eigenvalue weighted by Crippen LogP contribution is 2.10. The minimum Gasteiger partial charge on any atom is -0.337 e. The van der Waals surface area contributed by atoms with Crippen LogP contribution in [0, 0.1) is 6.92 Å². The summed E-state index contributed by atoms with van der Waals surface area (Å²) in [6, 6.07) is 9.95. The van der Waals surface area contributed by atoms with Crippen LogP contribution in [0.3, 0.4) is 0 Å². The lowest BCUT2D eigenvalue weighted by Gasteiger charge is -2.16. The predicted octanol–water partition coefficient (Wildman–Crippen LogP) is 2.42. The Bertz CT molecular complexity index is 551. The monoisotopic (exact) mass is 279 g/mol. The summed E-state index contributed by atoms with van der Waals surface area (Å²) in [5.74, 6) is 0.00412. The highest BCUT2D eigenvalue weighted by molar-refractivity contribution is 5.94. The highest BCUT2D eigenvalue weighted by atomic mass is 35.5. The summed E-state index contributed by atoms with van der Waals surface area (Å²) in [4.78, 5) is 14.0. The zero-order valence-corrected chi connectivity index (χ0v) is 12.1. The third-order valence-electron chi connectivity index (χ3n) is 2.85. The molecule has 2 aromatic rings. The standard InChI is InChI=1S/C14H17N3O.ClH/c1-11-13(10-17(3)15-11)14(18)16(2)9-12-7-5-4-6-8-12;/h4-8,10H,9H2,1-3H3;1H. The van der Waals surface area contributed by atoms with Crippen LogP contribution < -0.4 is 0 Å². The summed E-state index contributed by atoms with van der Waals surface area (Å²) in [7, 11) is 3.63. The number of carbonyl (C=O) groups is 1. The van der Waals surface area contributed by atoms with Crippen molar-refractivity contribution in [1.29, 1.82) is 0 Å². The van der Waals surface area contributed by atoms with E-state index in [0.717, 1.165) is 11.3 Å². The smallest absolute Gasteiger partial charge is 0.257 e. The van der Waals surface area contributed by atoms with Crippen molar-refractivity contribution in [3.8, 4) is 0 Å². The number of amides is 1. The lowest BCUT2D eigenvalue weighted by atomic mass is 10.2. The largest absolute Gasteiger partial charge is 0.337 e. The number of hydrogen-bond donors (Lipinski definition) is 0. The molecule has 0 saturated heterocycles. The van der Waals surface area contributed by atoms with Gasteiger partial charge in [-0.15, -0.1) is 12.4 Å². The summed E-state index contributed by atoms with van der Waals surface area (Å²) < 4.78 is 1.67. The number of carbonyl (C=O) groups excluding carboxylic acids is 1. The van der Waals surface area contributed by atoms with Crippen molar-refractivity contribution in [3.05, 3.63) is 53.3 Å². The number of nitrogens with zero attached hydrogens (tertiary/aromatic N) is 3. The molecule has 0 bridgehead atoms. The summed E-state index contributed by atoms with van der Waals surface area (Å²) in [6.45, 7) is 2.46. The molecule has 4 nitrogen and oxygen atoms in total. The molecule has 19 heavy (non-hydrogen) atoms. The SMILES string of the molecule is Cc1nn(C)cc1C(=O)N(C)Cc1ccccc1.Cl. The van der Waals surface area contributed by atoms with Gasteiger partial charge in [0.05, 0.1) is 11.3 Å². The van der Waals surface area contributed by atoms with Crippen molar-refractivity contribution in [2.45, 2.75) is 13.5 Å². The first-order chi connectivity index (χ1) is 8.58. The second-order valence-corrected chi connectivity index (χ2v) is 4.45. The van der Waals surface area contributed by atoms with Gasteiger partial charge in [0.1, 0.15) is 0 Å². The lowest BCUT2D eigenvalue weighted by Crippen LogP contribution is -2.26. The highest BCUT2D eigenvalue weighted by Gasteiger charge is 2.16. The maximum atomic E-state index is 12.3. The van der Waals surface area contributed by atoms with Crippen LogP contribution >= 0.6 is 12.4 Å². The molecule has 1 aromatic heterocycles. The average Bonchev–Trinajstić information content (AvgIpc) is 2.68. The van der Waals surface area contributed by atoms with Gasteiger partial charge in [-0.25, -0.2) is 0 Å². The Morgan fingerprint density at radius 1 is 1.32 bits per heavy atom. The van der Waals surface area contributed by atoms with E-state index in [4.69, 9.17) is 0 Å². The summed E-state index contributed by atoms with van der Waals surface area (Å²) >= 11 is 0. The second kappa shape index (κ2) is 6.38. The number of benzene rings is 1. The van der Waals surface area contributed by atoms with Gasteiger partial charge < -0.3 is 4.90 Å². The van der Waals surface area contributed by atoms with E-state index in [0.29, 0.717) is 12.1 Å².